The molecular formula is C37H49IrN2O2Si-. The van der Waals surface area contributed by atoms with Crippen molar-refractivity contribution in [2.75, 3.05) is 0 Å². The van der Waals surface area contributed by atoms with Gasteiger partial charge in [-0.05, 0) is 36.2 Å². The summed E-state index contributed by atoms with van der Waals surface area (Å²) < 4.78 is 0. The van der Waals surface area contributed by atoms with E-state index in [4.69, 9.17) is 9.97 Å². The monoisotopic (exact) mass is 774 g/mol. The second-order valence-corrected chi connectivity index (χ2v) is 18.9. The quantitative estimate of drug-likeness (QED) is 0.0669. The van der Waals surface area contributed by atoms with Crippen molar-refractivity contribution in [3.8, 4) is 11.3 Å². The summed E-state index contributed by atoms with van der Waals surface area (Å²) in [5.41, 5.74) is 4.79. The number of ketones is 1. The molecule has 0 aliphatic carbocycles. The molecule has 3 aromatic carbocycles. The van der Waals surface area contributed by atoms with Gasteiger partial charge in [0.15, 0.2) is 5.78 Å². The van der Waals surface area contributed by atoms with Crippen molar-refractivity contribution in [2.45, 2.75) is 94.8 Å². The molecule has 1 heterocycles. The number of carbonyl (C=O) groups excluding carboxylic acids is 1. The van der Waals surface area contributed by atoms with Gasteiger partial charge >= 0.3 is 0 Å². The number of benzene rings is 3. The first-order valence-corrected chi connectivity index (χ1v) is 18.6. The number of allylic oxidation sites excluding steroid dienone is 2. The fourth-order valence-corrected chi connectivity index (χ4v) is 6.41. The Hall–Kier alpha value is -2.66. The average Bonchev–Trinajstić information content (AvgIpc) is 2.91. The van der Waals surface area contributed by atoms with Gasteiger partial charge in [-0.3, -0.25) is 9.78 Å². The number of aryl methyl sites for hydroxylation is 3. The molecule has 0 atom stereocenters. The Morgan fingerprint density at radius 2 is 1.56 bits per heavy atom. The normalized spacial score (nSPS) is 12.5. The Kier molecular flexibility index (Phi) is 11.9. The zero-order valence-electron chi connectivity index (χ0n) is 28.1. The number of hydrogen-bond acceptors (Lipinski definition) is 4. The maximum atomic E-state index is 11.8. The first-order valence-electron chi connectivity index (χ1n) is 15.1. The molecule has 1 radical (unpaired) electrons. The van der Waals surface area contributed by atoms with Crippen molar-refractivity contribution in [1.29, 1.82) is 0 Å². The van der Waals surface area contributed by atoms with Crippen LogP contribution in [0, 0.1) is 37.7 Å². The van der Waals surface area contributed by atoms with Crippen LogP contribution in [0.25, 0.3) is 32.9 Å². The molecule has 0 fully saturated rings. The predicted molar refractivity (Wildman–Crippen MR) is 182 cm³/mol. The van der Waals surface area contributed by atoms with Crippen molar-refractivity contribution in [3.63, 3.8) is 0 Å². The van der Waals surface area contributed by atoms with Crippen LogP contribution in [0.5, 0.6) is 0 Å². The number of aliphatic hydroxyl groups is 1. The number of aliphatic hydroxyl groups excluding tert-OH is 1. The van der Waals surface area contributed by atoms with Crippen molar-refractivity contribution in [1.82, 2.24) is 9.97 Å². The fraction of sp³-hybridized carbons (Fsp3) is 0.432. The number of fused-ring (bicyclic) bond motifs is 3. The molecule has 0 spiro atoms. The van der Waals surface area contributed by atoms with E-state index in [0.717, 1.165) is 46.4 Å². The molecule has 0 amide bonds. The maximum absolute atomic E-state index is 11.8. The molecule has 1 N–H and O–H groups in total. The number of carbonyl (C=O) groups is 1. The Morgan fingerprint density at radius 1 is 0.930 bits per heavy atom. The van der Waals surface area contributed by atoms with Crippen LogP contribution in [0.1, 0.15) is 71.3 Å². The number of nitrogens with zero attached hydrogens (tertiary/aromatic N) is 2. The van der Waals surface area contributed by atoms with Gasteiger partial charge in [0.1, 0.15) is 11.6 Å². The Morgan fingerprint density at radius 3 is 2.12 bits per heavy atom. The Balaban J connectivity index is 0.000000348. The minimum absolute atomic E-state index is 0. The Bertz CT molecular complexity index is 1630. The molecule has 6 heteroatoms. The van der Waals surface area contributed by atoms with E-state index in [1.165, 1.54) is 27.6 Å². The van der Waals surface area contributed by atoms with Gasteiger partial charge in [-0.25, -0.2) is 4.98 Å². The third-order valence-electron chi connectivity index (χ3n) is 8.43. The standard InChI is InChI=1S/C24H25N2Si.C13H24O2.Ir/c1-15-12-16(2)14-19(13-15)23-20-11-10-18-8-7-9-21(27(4,5)6)22(18)24(20)26-17(3)25-23;1-7-12(3,4)10(14)9-11(15)13(5,6)8-2;/h7-13H,1-6H3;9,14H,7-8H2,1-6H3;/q-1;;/b;10-9-;. The molecule has 4 aromatic rings. The number of rotatable bonds is 7. The Labute approximate surface area is 273 Å². The van der Waals surface area contributed by atoms with Crippen LogP contribution in [0.15, 0.2) is 54.3 Å². The minimum Gasteiger partial charge on any atom is -0.512 e. The summed E-state index contributed by atoms with van der Waals surface area (Å²) in [4.78, 5) is 21.6. The van der Waals surface area contributed by atoms with E-state index in [1.54, 1.807) is 0 Å². The van der Waals surface area contributed by atoms with Crippen molar-refractivity contribution in [2.24, 2.45) is 10.8 Å². The van der Waals surface area contributed by atoms with Crippen molar-refractivity contribution in [3.05, 3.63) is 77.3 Å². The minimum atomic E-state index is -1.52. The first kappa shape index (κ1) is 36.5. The maximum Gasteiger partial charge on any atom is 0.164 e. The molecule has 0 aliphatic rings. The topological polar surface area (TPSA) is 63.1 Å². The predicted octanol–water partition coefficient (Wildman–Crippen LogP) is 9.59. The molecule has 0 unspecified atom stereocenters. The average molecular weight is 774 g/mol. The summed E-state index contributed by atoms with van der Waals surface area (Å²) in [5, 5.41) is 15.0. The molecule has 233 valence electrons. The summed E-state index contributed by atoms with van der Waals surface area (Å²) in [6.07, 6.45) is 2.99. The fourth-order valence-electron chi connectivity index (χ4n) is 4.80. The van der Waals surface area contributed by atoms with Crippen LogP contribution in [0.4, 0.5) is 0 Å². The molecule has 4 nitrogen and oxygen atoms in total. The number of hydrogen-bond donors (Lipinski definition) is 1. The third kappa shape index (κ3) is 8.50. The zero-order valence-corrected chi connectivity index (χ0v) is 31.5. The van der Waals surface area contributed by atoms with Crippen LogP contribution >= 0.6 is 0 Å². The van der Waals surface area contributed by atoms with E-state index in [-0.39, 0.29) is 42.5 Å². The van der Waals surface area contributed by atoms with Gasteiger partial charge < -0.3 is 5.11 Å². The van der Waals surface area contributed by atoms with Crippen LogP contribution in [0.3, 0.4) is 0 Å². The van der Waals surface area contributed by atoms with Gasteiger partial charge in [-0.15, -0.1) is 34.9 Å². The van der Waals surface area contributed by atoms with Gasteiger partial charge in [0.2, 0.25) is 0 Å². The van der Waals surface area contributed by atoms with E-state index in [1.807, 2.05) is 48.5 Å². The van der Waals surface area contributed by atoms with Gasteiger partial charge in [-0.1, -0.05) is 111 Å². The van der Waals surface area contributed by atoms with Crippen LogP contribution < -0.4 is 5.19 Å². The van der Waals surface area contributed by atoms with Crippen molar-refractivity contribution >= 4 is 40.7 Å². The van der Waals surface area contributed by atoms with E-state index < -0.39 is 8.07 Å². The molecule has 1 aromatic heterocycles. The molecule has 0 aliphatic heterocycles. The molecule has 4 rings (SSSR count). The molecule has 0 saturated carbocycles. The summed E-state index contributed by atoms with van der Waals surface area (Å²) >= 11 is 0. The molecule has 0 saturated heterocycles. The smallest absolute Gasteiger partial charge is 0.164 e. The van der Waals surface area contributed by atoms with Crippen LogP contribution in [-0.4, -0.2) is 28.9 Å². The second-order valence-electron chi connectivity index (χ2n) is 13.9. The third-order valence-corrected chi connectivity index (χ3v) is 10.5. The molecular weight excluding hydrogens is 725 g/mol. The zero-order chi connectivity index (χ0) is 31.6. The number of aromatic nitrogens is 2. The summed E-state index contributed by atoms with van der Waals surface area (Å²) in [6, 6.07) is 18.9. The van der Waals surface area contributed by atoms with Crippen LogP contribution in [0.2, 0.25) is 19.6 Å². The summed E-state index contributed by atoms with van der Waals surface area (Å²) in [6.45, 7) is 25.0. The van der Waals surface area contributed by atoms with E-state index in [2.05, 4.69) is 82.0 Å². The second kappa shape index (κ2) is 14.0. The van der Waals surface area contributed by atoms with Gasteiger partial charge in [0.25, 0.3) is 0 Å². The first-order chi connectivity index (χ1) is 19.4. The van der Waals surface area contributed by atoms with E-state index in [0.29, 0.717) is 0 Å². The summed E-state index contributed by atoms with van der Waals surface area (Å²) in [7, 11) is -1.52. The van der Waals surface area contributed by atoms with Crippen molar-refractivity contribution < 1.29 is 30.0 Å². The molecule has 43 heavy (non-hydrogen) atoms. The largest absolute Gasteiger partial charge is 0.512 e. The van der Waals surface area contributed by atoms with E-state index >= 15 is 0 Å². The van der Waals surface area contributed by atoms with Crippen LogP contribution in [-0.2, 0) is 24.9 Å². The summed E-state index contributed by atoms with van der Waals surface area (Å²) in [5.74, 6) is 1.00. The van der Waals surface area contributed by atoms with Gasteiger partial charge in [0.05, 0.1) is 13.6 Å². The molecule has 0 bridgehead atoms. The van der Waals surface area contributed by atoms with E-state index in [9.17, 15) is 9.90 Å². The SMILES string of the molecule is CCC(C)(C)C(=O)/C=C(\O)C(C)(C)CC.Cc1[c-]c(-c2nc(C)nc3c2ccc2cccc([Si](C)(C)C)c23)cc(C)c1.[Ir]. The van der Waals surface area contributed by atoms with Gasteiger partial charge in [-0.2, -0.15) is 0 Å². The van der Waals surface area contributed by atoms with Gasteiger partial charge in [0, 0.05) is 42.4 Å².